The number of hydrogen-bond donors (Lipinski definition) is 1. The van der Waals surface area contributed by atoms with E-state index in [9.17, 15) is 14.0 Å². The fraction of sp³-hybridized carbons (Fsp3) is 0.154. The minimum atomic E-state index is -1.28. The van der Waals surface area contributed by atoms with E-state index in [0.717, 1.165) is 11.3 Å². The molecule has 2 rings (SSSR count). The highest BCUT2D eigenvalue weighted by Gasteiger charge is 2.23. The predicted octanol–water partition coefficient (Wildman–Crippen LogP) is 2.95. The van der Waals surface area contributed by atoms with Crippen LogP contribution in [0.5, 0.6) is 0 Å². The van der Waals surface area contributed by atoms with Crippen molar-refractivity contribution in [3.63, 3.8) is 0 Å². The van der Waals surface area contributed by atoms with Gasteiger partial charge in [-0.3, -0.25) is 4.79 Å². The van der Waals surface area contributed by atoms with Crippen LogP contribution in [0.3, 0.4) is 0 Å². The number of carboxylic acids is 1. The van der Waals surface area contributed by atoms with Crippen LogP contribution >= 0.6 is 11.3 Å². The van der Waals surface area contributed by atoms with E-state index in [1.54, 1.807) is 25.2 Å². The number of aromatic carboxylic acids is 1. The molecule has 1 aromatic heterocycles. The van der Waals surface area contributed by atoms with Gasteiger partial charge in [0.25, 0.3) is 0 Å². The van der Waals surface area contributed by atoms with Crippen molar-refractivity contribution in [3.8, 4) is 0 Å². The Kier molecular flexibility index (Phi) is 3.80. The molecule has 0 atom stereocenters. The molecule has 0 amide bonds. The number of benzene rings is 1. The number of nitrogens with zero attached hydrogens (tertiary/aromatic N) is 2. The Balaban J connectivity index is 2.48. The van der Waals surface area contributed by atoms with Crippen molar-refractivity contribution < 1.29 is 19.1 Å². The zero-order valence-electron chi connectivity index (χ0n) is 10.8. The smallest absolute Gasteiger partial charge is 0.356 e. The molecule has 1 N–H and O–H groups in total. The molecule has 0 bridgehead atoms. The summed E-state index contributed by atoms with van der Waals surface area (Å²) < 4.78 is 13.7. The molecule has 1 aromatic carbocycles. The zero-order chi connectivity index (χ0) is 14.9. The summed E-state index contributed by atoms with van der Waals surface area (Å²) in [4.78, 5) is 27.9. The lowest BCUT2D eigenvalue weighted by molar-refractivity contribution is 0.0687. The number of rotatable bonds is 4. The summed E-state index contributed by atoms with van der Waals surface area (Å²) in [6.07, 6.45) is 0. The van der Waals surface area contributed by atoms with Gasteiger partial charge in [-0.1, -0.05) is 23.5 Å². The van der Waals surface area contributed by atoms with Crippen molar-refractivity contribution in [2.24, 2.45) is 0 Å². The van der Waals surface area contributed by atoms with Gasteiger partial charge >= 0.3 is 5.97 Å². The number of para-hydroxylation sites is 1. The van der Waals surface area contributed by atoms with Gasteiger partial charge in [-0.25, -0.2) is 14.2 Å². The van der Waals surface area contributed by atoms with Crippen LogP contribution in [0.4, 0.5) is 15.2 Å². The Labute approximate surface area is 118 Å². The first-order chi connectivity index (χ1) is 9.41. The van der Waals surface area contributed by atoms with E-state index in [-0.39, 0.29) is 27.2 Å². The third-order valence-electron chi connectivity index (χ3n) is 2.64. The molecule has 0 aliphatic rings. The molecular formula is C13H11FN2O3S. The SMILES string of the molecule is CC(=O)c1sc(N(C)c2ccccc2F)nc1C(=O)O. The summed E-state index contributed by atoms with van der Waals surface area (Å²) in [6.45, 7) is 1.27. The number of thiazole rings is 1. The van der Waals surface area contributed by atoms with E-state index in [1.807, 2.05) is 0 Å². The van der Waals surface area contributed by atoms with Gasteiger partial charge in [0.2, 0.25) is 0 Å². The number of carbonyl (C=O) groups is 2. The summed E-state index contributed by atoms with van der Waals surface area (Å²) in [6, 6.07) is 6.05. The highest BCUT2D eigenvalue weighted by Crippen LogP contribution is 2.32. The second kappa shape index (κ2) is 5.38. The van der Waals surface area contributed by atoms with E-state index in [4.69, 9.17) is 5.11 Å². The molecule has 0 unspecified atom stereocenters. The Morgan fingerprint density at radius 3 is 2.50 bits per heavy atom. The minimum Gasteiger partial charge on any atom is -0.476 e. The van der Waals surface area contributed by atoms with Crippen molar-refractivity contribution >= 4 is 33.9 Å². The van der Waals surface area contributed by atoms with Gasteiger partial charge in [0, 0.05) is 14.0 Å². The minimum absolute atomic E-state index is 0.0516. The fourth-order valence-electron chi connectivity index (χ4n) is 1.66. The average Bonchev–Trinajstić information content (AvgIpc) is 2.84. The van der Waals surface area contributed by atoms with E-state index < -0.39 is 11.8 Å². The molecule has 20 heavy (non-hydrogen) atoms. The second-order valence-corrected chi connectivity index (χ2v) is 5.02. The molecule has 2 aromatic rings. The number of Topliss-reactive ketones (excluding diaryl/α,β-unsaturated/α-hetero) is 1. The summed E-state index contributed by atoms with van der Waals surface area (Å²) in [5, 5.41) is 9.28. The lowest BCUT2D eigenvalue weighted by Crippen LogP contribution is -2.11. The van der Waals surface area contributed by atoms with Gasteiger partial charge in [0.15, 0.2) is 16.6 Å². The average molecular weight is 294 g/mol. The highest BCUT2D eigenvalue weighted by atomic mass is 32.1. The molecule has 0 saturated heterocycles. The quantitative estimate of drug-likeness (QED) is 0.878. The lowest BCUT2D eigenvalue weighted by Gasteiger charge is -2.16. The Morgan fingerprint density at radius 1 is 1.35 bits per heavy atom. The van der Waals surface area contributed by atoms with Crippen LogP contribution in [0.25, 0.3) is 0 Å². The van der Waals surface area contributed by atoms with Gasteiger partial charge in [-0.05, 0) is 12.1 Å². The number of halogens is 1. The molecule has 0 saturated carbocycles. The second-order valence-electron chi connectivity index (χ2n) is 4.05. The van der Waals surface area contributed by atoms with Crippen molar-refractivity contribution in [2.45, 2.75) is 6.92 Å². The monoisotopic (exact) mass is 294 g/mol. The van der Waals surface area contributed by atoms with Crippen LogP contribution < -0.4 is 4.90 Å². The summed E-state index contributed by atoms with van der Waals surface area (Å²) in [5.41, 5.74) is -0.0472. The van der Waals surface area contributed by atoms with E-state index in [0.29, 0.717) is 0 Å². The largest absolute Gasteiger partial charge is 0.476 e. The number of aromatic nitrogens is 1. The van der Waals surface area contributed by atoms with Gasteiger partial charge in [-0.2, -0.15) is 0 Å². The maximum absolute atomic E-state index is 13.7. The Hall–Kier alpha value is -2.28. The first-order valence-corrected chi connectivity index (χ1v) is 6.46. The van der Waals surface area contributed by atoms with Crippen LogP contribution in [0.1, 0.15) is 27.1 Å². The number of carbonyl (C=O) groups excluding carboxylic acids is 1. The molecule has 5 nitrogen and oxygen atoms in total. The number of ketones is 1. The Bertz CT molecular complexity index is 653. The topological polar surface area (TPSA) is 70.5 Å². The third kappa shape index (κ3) is 2.53. The van der Waals surface area contributed by atoms with E-state index in [2.05, 4.69) is 4.98 Å². The van der Waals surface area contributed by atoms with Crippen LogP contribution in [0.2, 0.25) is 0 Å². The molecule has 7 heteroatoms. The van der Waals surface area contributed by atoms with E-state index in [1.165, 1.54) is 17.9 Å². The normalized spacial score (nSPS) is 10.3. The zero-order valence-corrected chi connectivity index (χ0v) is 11.6. The maximum atomic E-state index is 13.7. The molecule has 104 valence electrons. The standard InChI is InChI=1S/C13H11FN2O3S/c1-7(17)11-10(12(18)19)15-13(20-11)16(2)9-6-4-3-5-8(9)14/h3-6H,1-2H3,(H,18,19). The third-order valence-corrected chi connectivity index (χ3v) is 3.87. The van der Waals surface area contributed by atoms with Crippen LogP contribution in [0, 0.1) is 5.82 Å². The van der Waals surface area contributed by atoms with Crippen molar-refractivity contribution in [1.29, 1.82) is 0 Å². The molecule has 0 spiro atoms. The molecular weight excluding hydrogens is 283 g/mol. The van der Waals surface area contributed by atoms with Gasteiger partial charge in [-0.15, -0.1) is 0 Å². The number of anilines is 2. The first kappa shape index (κ1) is 14.1. The number of carboxylic acid groups (broad SMARTS) is 1. The lowest BCUT2D eigenvalue weighted by atomic mass is 10.3. The van der Waals surface area contributed by atoms with Gasteiger partial charge < -0.3 is 10.0 Å². The van der Waals surface area contributed by atoms with Crippen LogP contribution in [-0.2, 0) is 0 Å². The summed E-state index contributed by atoms with van der Waals surface area (Å²) in [5.74, 6) is -2.11. The summed E-state index contributed by atoms with van der Waals surface area (Å²) >= 11 is 0.925. The molecule has 0 radical (unpaired) electrons. The predicted molar refractivity (Wildman–Crippen MR) is 73.5 cm³/mol. The van der Waals surface area contributed by atoms with Crippen molar-refractivity contribution in [1.82, 2.24) is 4.98 Å². The summed E-state index contributed by atoms with van der Waals surface area (Å²) in [7, 11) is 1.56. The molecule has 0 fully saturated rings. The van der Waals surface area contributed by atoms with Crippen LogP contribution in [0.15, 0.2) is 24.3 Å². The molecule has 0 aliphatic carbocycles. The maximum Gasteiger partial charge on any atom is 0.356 e. The van der Waals surface area contributed by atoms with Gasteiger partial charge in [0.05, 0.1) is 5.69 Å². The van der Waals surface area contributed by atoms with Crippen molar-refractivity contribution in [3.05, 3.63) is 40.7 Å². The molecule has 0 aliphatic heterocycles. The first-order valence-electron chi connectivity index (χ1n) is 5.65. The van der Waals surface area contributed by atoms with Crippen LogP contribution in [-0.4, -0.2) is 28.9 Å². The van der Waals surface area contributed by atoms with Gasteiger partial charge in [0.1, 0.15) is 10.7 Å². The fourth-order valence-corrected chi connectivity index (χ4v) is 2.59. The molecule has 1 heterocycles. The number of hydrogen-bond acceptors (Lipinski definition) is 5. The Morgan fingerprint density at radius 2 is 2.00 bits per heavy atom. The highest BCUT2D eigenvalue weighted by molar-refractivity contribution is 7.17. The van der Waals surface area contributed by atoms with E-state index >= 15 is 0 Å². The van der Waals surface area contributed by atoms with Crippen molar-refractivity contribution in [2.75, 3.05) is 11.9 Å².